The van der Waals surface area contributed by atoms with Crippen molar-refractivity contribution >= 4 is 17.6 Å². The molecule has 106 valence electrons. The van der Waals surface area contributed by atoms with Gasteiger partial charge in [0.15, 0.2) is 0 Å². The van der Waals surface area contributed by atoms with Crippen LogP contribution in [0.15, 0.2) is 0 Å². The minimum atomic E-state index is -2.84. The summed E-state index contributed by atoms with van der Waals surface area (Å²) in [6.07, 6.45) is 0. The van der Waals surface area contributed by atoms with Gasteiger partial charge in [-0.3, -0.25) is 0 Å². The summed E-state index contributed by atoms with van der Waals surface area (Å²) in [6.45, 7) is 7.92. The van der Waals surface area contributed by atoms with E-state index in [2.05, 4.69) is 26.2 Å². The summed E-state index contributed by atoms with van der Waals surface area (Å²) in [6, 6.07) is 3.76. The molecule has 0 nitrogen and oxygen atoms in total. The molecule has 10 aliphatic rings. The molecule has 10 saturated heterocycles. The van der Waals surface area contributed by atoms with Crippen molar-refractivity contribution in [3.63, 3.8) is 0 Å². The fraction of sp³-hybridized carbons (Fsp3) is 1.00. The van der Waals surface area contributed by atoms with Gasteiger partial charge >= 0.3 is 110 Å². The van der Waals surface area contributed by atoms with Gasteiger partial charge < -0.3 is 0 Å². The zero-order chi connectivity index (χ0) is 12.5. The average Bonchev–Trinajstić information content (AvgIpc) is 3.22. The Hall–Kier alpha value is 0.953. The van der Waals surface area contributed by atoms with Crippen molar-refractivity contribution in [2.45, 2.75) is 85.4 Å². The molecule has 0 aromatic heterocycles. The molecular formula is C16H26FeSi2. The number of rotatable bonds is 4. The van der Waals surface area contributed by atoms with Crippen LogP contribution in [0.3, 0.4) is 0 Å². The first-order chi connectivity index (χ1) is 8.76. The quantitative estimate of drug-likeness (QED) is 0.630. The third kappa shape index (κ3) is 0.0970. The molecule has 10 fully saturated rings. The van der Waals surface area contributed by atoms with Crippen LogP contribution in [0.1, 0.15) is 0 Å². The van der Waals surface area contributed by atoms with E-state index in [1.165, 1.54) is 8.63 Å². The molecule has 0 radical (unpaired) electrons. The van der Waals surface area contributed by atoms with Crippen molar-refractivity contribution in [2.24, 2.45) is 0 Å². The van der Waals surface area contributed by atoms with Gasteiger partial charge in [0.1, 0.15) is 0 Å². The van der Waals surface area contributed by atoms with Gasteiger partial charge in [-0.25, -0.2) is 0 Å². The van der Waals surface area contributed by atoms with E-state index < -0.39 is 6.51 Å². The Bertz CT molecular complexity index is 944. The second-order valence-electron chi connectivity index (χ2n) is 13.3. The first-order valence-corrected chi connectivity index (χ1v) is 21.4. The van der Waals surface area contributed by atoms with Crippen LogP contribution in [-0.2, 0) is 6.51 Å². The van der Waals surface area contributed by atoms with E-state index in [-0.39, 0.29) is 17.6 Å². The van der Waals surface area contributed by atoms with Crippen molar-refractivity contribution in [1.29, 1.82) is 0 Å². The first-order valence-electron chi connectivity index (χ1n) is 8.97. The van der Waals surface area contributed by atoms with Crippen LogP contribution in [0, 0.1) is 0 Å². The fourth-order valence-corrected chi connectivity index (χ4v) is 110. The van der Waals surface area contributed by atoms with Gasteiger partial charge in [0, 0.05) is 0 Å². The third-order valence-electron chi connectivity index (χ3n) is 16.9. The van der Waals surface area contributed by atoms with Crippen LogP contribution in [0.5, 0.6) is 0 Å². The van der Waals surface area contributed by atoms with E-state index in [1.54, 1.807) is 38.5 Å². The molecule has 10 rings (SSSR count). The standard InChI is InChI=1S/2C8H13Si.Fe/c2*1-9(2)7-8-5-3-4-6-8;/h2*3-6,9H,7H2,1-2H3;. The Morgan fingerprint density at radius 1 is 0.684 bits per heavy atom. The maximum absolute atomic E-state index is 2.84. The first kappa shape index (κ1) is 8.55. The van der Waals surface area contributed by atoms with Crippen LogP contribution < -0.4 is 0 Å². The van der Waals surface area contributed by atoms with Crippen molar-refractivity contribution in [3.8, 4) is 0 Å². The molecule has 0 amide bonds. The predicted octanol–water partition coefficient (Wildman–Crippen LogP) is 5.09. The summed E-state index contributed by atoms with van der Waals surface area (Å²) in [4.78, 5) is 12.5. The molecule has 0 aromatic rings. The van der Waals surface area contributed by atoms with Crippen molar-refractivity contribution < 1.29 is 6.51 Å². The van der Waals surface area contributed by atoms with E-state index in [4.69, 9.17) is 0 Å². The van der Waals surface area contributed by atoms with Gasteiger partial charge in [-0.05, 0) is 0 Å². The second-order valence-corrected chi connectivity index (χ2v) is 43.1. The molecule has 10 aliphatic heterocycles. The van der Waals surface area contributed by atoms with Crippen molar-refractivity contribution in [2.75, 3.05) is 0 Å². The monoisotopic (exact) mass is 330 g/mol. The third-order valence-corrected chi connectivity index (χ3v) is 64.7. The van der Waals surface area contributed by atoms with Crippen molar-refractivity contribution in [3.05, 3.63) is 0 Å². The molecule has 8 unspecified atom stereocenters. The summed E-state index contributed by atoms with van der Waals surface area (Å²) in [5.41, 5.74) is 0. The van der Waals surface area contributed by atoms with Gasteiger partial charge in [-0.2, -0.15) is 0 Å². The molecule has 0 aliphatic carbocycles. The number of hydrogen-bond donors (Lipinski definition) is 0. The van der Waals surface area contributed by atoms with Crippen LogP contribution in [0.25, 0.3) is 0 Å². The minimum absolute atomic E-state index is 0.316. The summed E-state index contributed by atoms with van der Waals surface area (Å²) in [5, 5.41) is 0. The van der Waals surface area contributed by atoms with Gasteiger partial charge in [0.25, 0.3) is 0 Å². The molecule has 8 atom stereocenters. The molecule has 0 bridgehead atoms. The predicted molar refractivity (Wildman–Crippen MR) is 82.8 cm³/mol. The molecule has 1 spiro atoms. The van der Waals surface area contributed by atoms with Crippen LogP contribution in [-0.4, -0.2) is 17.6 Å². The molecule has 3 heteroatoms. The number of fused-ring (bicyclic) bond motifs is 10. The molecule has 0 aromatic carbocycles. The fourth-order valence-electron chi connectivity index (χ4n) is 19.8. The Kier molecular flexibility index (Phi) is 0.340. The molecule has 0 saturated carbocycles. The Morgan fingerprint density at radius 3 is 1.21 bits per heavy atom. The SMILES string of the molecule is C[SiH](C)C[C]12[CH]3[CH]4[CH]5[CH]1[Fe]45321678[CH]2[CH]1[CH]6[C]7(C[SiH](C)C)[CH]28. The molecular weight excluding hydrogens is 304 g/mol. The second kappa shape index (κ2) is 0.755. The van der Waals surface area contributed by atoms with Crippen molar-refractivity contribution in [1.82, 2.24) is 0 Å². The Morgan fingerprint density at radius 2 is 1.00 bits per heavy atom. The summed E-state index contributed by atoms with van der Waals surface area (Å²) in [5.74, 6) is 0. The average molecular weight is 330 g/mol. The van der Waals surface area contributed by atoms with Crippen LogP contribution in [0.4, 0.5) is 0 Å². The van der Waals surface area contributed by atoms with E-state index in [0.717, 1.165) is 0 Å². The van der Waals surface area contributed by atoms with E-state index in [9.17, 15) is 0 Å². The van der Waals surface area contributed by atoms with Gasteiger partial charge in [0.2, 0.25) is 0 Å². The maximum atomic E-state index is 2.69. The van der Waals surface area contributed by atoms with E-state index in [1.807, 2.05) is 12.1 Å². The molecule has 19 heavy (non-hydrogen) atoms. The number of hydrogen-bond acceptors (Lipinski definition) is 0. The molecule has 10 heterocycles. The summed E-state index contributed by atoms with van der Waals surface area (Å²) in [7, 11) is -0.633. The summed E-state index contributed by atoms with van der Waals surface area (Å²) < 4.78 is 2.50. The zero-order valence-electron chi connectivity index (χ0n) is 12.5. The normalized spacial score (nSPS) is 113. The van der Waals surface area contributed by atoms with Gasteiger partial charge in [0.05, 0.1) is 0 Å². The Balaban J connectivity index is 1.47. The topological polar surface area (TPSA) is 0 Å². The van der Waals surface area contributed by atoms with Crippen LogP contribution >= 0.6 is 0 Å². The Labute approximate surface area is 109 Å². The summed E-state index contributed by atoms with van der Waals surface area (Å²) >= 11 is 0. The van der Waals surface area contributed by atoms with Gasteiger partial charge in [-0.15, -0.1) is 0 Å². The van der Waals surface area contributed by atoms with Crippen LogP contribution in [0.2, 0.25) is 85.4 Å². The van der Waals surface area contributed by atoms with E-state index in [0.29, 0.717) is 0 Å². The van der Waals surface area contributed by atoms with Gasteiger partial charge in [-0.1, -0.05) is 0 Å². The zero-order valence-corrected chi connectivity index (χ0v) is 16.0. The van der Waals surface area contributed by atoms with E-state index >= 15 is 0 Å². The molecule has 0 N–H and O–H groups in total.